The minimum absolute atomic E-state index is 0.0383. The first-order chi connectivity index (χ1) is 11.1. The number of aromatic nitrogens is 2. The van der Waals surface area contributed by atoms with Crippen LogP contribution in [0.15, 0.2) is 42.7 Å². The number of imidazole rings is 1. The van der Waals surface area contributed by atoms with Crippen molar-refractivity contribution in [2.24, 2.45) is 0 Å². The van der Waals surface area contributed by atoms with Crippen LogP contribution in [0.2, 0.25) is 0 Å². The van der Waals surface area contributed by atoms with Crippen molar-refractivity contribution in [1.82, 2.24) is 14.5 Å². The molecule has 5 heteroatoms. The normalized spacial score (nSPS) is 16.3. The molecular weight excluding hydrogens is 290 g/mol. The summed E-state index contributed by atoms with van der Waals surface area (Å²) in [6, 6.07) is 9.78. The predicted molar refractivity (Wildman–Crippen MR) is 88.5 cm³/mol. The summed E-state index contributed by atoms with van der Waals surface area (Å²) in [6.07, 6.45) is 3.37. The molecule has 5 nitrogen and oxygen atoms in total. The Balaban J connectivity index is 1.56. The molecule has 0 bridgehead atoms. The fourth-order valence-electron chi connectivity index (χ4n) is 2.90. The molecule has 1 fully saturated rings. The Morgan fingerprint density at radius 3 is 2.57 bits per heavy atom. The molecule has 0 saturated carbocycles. The van der Waals surface area contributed by atoms with Gasteiger partial charge < -0.3 is 14.2 Å². The minimum atomic E-state index is -0.467. The number of likely N-dealkylation sites (tertiary alicyclic amines) is 1. The van der Waals surface area contributed by atoms with Crippen LogP contribution in [0.3, 0.4) is 0 Å². The first kappa shape index (κ1) is 15.6. The highest BCUT2D eigenvalue weighted by atomic mass is 16.5. The molecule has 0 N–H and O–H groups in total. The van der Waals surface area contributed by atoms with Gasteiger partial charge in [-0.1, -0.05) is 32.0 Å². The number of para-hydroxylation sites is 1. The highest BCUT2D eigenvalue weighted by molar-refractivity contribution is 5.81. The van der Waals surface area contributed by atoms with E-state index < -0.39 is 6.10 Å². The summed E-state index contributed by atoms with van der Waals surface area (Å²) in [5.41, 5.74) is 0. The number of hydrogen-bond donors (Lipinski definition) is 0. The minimum Gasteiger partial charge on any atom is -0.481 e. The van der Waals surface area contributed by atoms with Gasteiger partial charge in [-0.25, -0.2) is 4.98 Å². The van der Waals surface area contributed by atoms with Crippen LogP contribution in [0.4, 0.5) is 0 Å². The number of carbonyl (C=O) groups is 1. The van der Waals surface area contributed by atoms with Gasteiger partial charge in [0, 0.05) is 31.4 Å². The Kier molecular flexibility index (Phi) is 4.37. The number of amides is 1. The summed E-state index contributed by atoms with van der Waals surface area (Å²) in [7, 11) is 0. The average molecular weight is 313 g/mol. The number of benzene rings is 1. The van der Waals surface area contributed by atoms with Gasteiger partial charge in [0.2, 0.25) is 0 Å². The number of carbonyl (C=O) groups excluding carboxylic acids is 1. The van der Waals surface area contributed by atoms with Gasteiger partial charge in [0.25, 0.3) is 5.91 Å². The van der Waals surface area contributed by atoms with Gasteiger partial charge in [0.05, 0.1) is 6.04 Å². The molecule has 1 atom stereocenters. The number of nitrogens with zero attached hydrogens (tertiary/aromatic N) is 3. The van der Waals surface area contributed by atoms with Gasteiger partial charge >= 0.3 is 0 Å². The zero-order valence-corrected chi connectivity index (χ0v) is 13.8. The topological polar surface area (TPSA) is 47.4 Å². The third kappa shape index (κ3) is 3.23. The maximum Gasteiger partial charge on any atom is 0.263 e. The average Bonchev–Trinajstić information content (AvgIpc) is 2.96. The third-order valence-electron chi connectivity index (χ3n) is 4.19. The van der Waals surface area contributed by atoms with Gasteiger partial charge in [-0.3, -0.25) is 4.79 Å². The van der Waals surface area contributed by atoms with Crippen molar-refractivity contribution in [2.45, 2.75) is 38.8 Å². The van der Waals surface area contributed by atoms with E-state index in [2.05, 4.69) is 23.4 Å². The highest BCUT2D eigenvalue weighted by Gasteiger charge is 2.35. The maximum atomic E-state index is 12.4. The Labute approximate surface area is 136 Å². The molecule has 0 spiro atoms. The van der Waals surface area contributed by atoms with Crippen molar-refractivity contribution in [2.75, 3.05) is 13.1 Å². The predicted octanol–water partition coefficient (Wildman–Crippen LogP) is 2.86. The van der Waals surface area contributed by atoms with Crippen LogP contribution < -0.4 is 4.74 Å². The van der Waals surface area contributed by atoms with Crippen LogP contribution >= 0.6 is 0 Å². The monoisotopic (exact) mass is 313 g/mol. The molecular formula is C18H23N3O2. The van der Waals surface area contributed by atoms with Crippen molar-refractivity contribution in [3.05, 3.63) is 48.5 Å². The first-order valence-corrected chi connectivity index (χ1v) is 8.09. The van der Waals surface area contributed by atoms with E-state index in [1.807, 2.05) is 47.6 Å². The van der Waals surface area contributed by atoms with Gasteiger partial charge in [0.1, 0.15) is 11.6 Å². The van der Waals surface area contributed by atoms with E-state index in [4.69, 9.17) is 4.74 Å². The van der Waals surface area contributed by atoms with Crippen LogP contribution in [-0.4, -0.2) is 39.6 Å². The van der Waals surface area contributed by atoms with Gasteiger partial charge in [0.15, 0.2) is 6.10 Å². The molecule has 1 aliphatic heterocycles. The zero-order chi connectivity index (χ0) is 16.4. The largest absolute Gasteiger partial charge is 0.481 e. The Bertz CT molecular complexity index is 660. The fourth-order valence-corrected chi connectivity index (χ4v) is 2.90. The molecule has 1 aromatic carbocycles. The summed E-state index contributed by atoms with van der Waals surface area (Å²) >= 11 is 0. The summed E-state index contributed by atoms with van der Waals surface area (Å²) in [5, 5.41) is 0. The van der Waals surface area contributed by atoms with Crippen molar-refractivity contribution in [3.63, 3.8) is 0 Å². The van der Waals surface area contributed by atoms with Gasteiger partial charge in [-0.05, 0) is 19.1 Å². The molecule has 1 saturated heterocycles. The SMILES string of the molecule is CC(Oc1ccccc1)C(=O)N1CC(n2ccnc2C(C)C)C1. The van der Waals surface area contributed by atoms with E-state index in [9.17, 15) is 4.79 Å². The maximum absolute atomic E-state index is 12.4. The second kappa shape index (κ2) is 6.44. The van der Waals surface area contributed by atoms with Crippen LogP contribution in [0, 0.1) is 0 Å². The molecule has 2 aromatic rings. The van der Waals surface area contributed by atoms with E-state index in [0.29, 0.717) is 12.0 Å². The van der Waals surface area contributed by atoms with Crippen LogP contribution in [0.1, 0.15) is 38.6 Å². The lowest BCUT2D eigenvalue weighted by Gasteiger charge is -2.41. The second-order valence-electron chi connectivity index (χ2n) is 6.32. The molecule has 0 aliphatic carbocycles. The number of ether oxygens (including phenoxy) is 1. The van der Waals surface area contributed by atoms with Gasteiger partial charge in [-0.15, -0.1) is 0 Å². The van der Waals surface area contributed by atoms with E-state index in [1.54, 1.807) is 6.92 Å². The summed E-state index contributed by atoms with van der Waals surface area (Å²) in [6.45, 7) is 7.51. The summed E-state index contributed by atoms with van der Waals surface area (Å²) < 4.78 is 7.90. The van der Waals surface area contributed by atoms with E-state index in [0.717, 1.165) is 24.7 Å². The van der Waals surface area contributed by atoms with Crippen LogP contribution in [0.25, 0.3) is 0 Å². The summed E-state index contributed by atoms with van der Waals surface area (Å²) in [4.78, 5) is 18.7. The third-order valence-corrected chi connectivity index (χ3v) is 4.19. The molecule has 23 heavy (non-hydrogen) atoms. The second-order valence-corrected chi connectivity index (χ2v) is 6.32. The Morgan fingerprint density at radius 1 is 1.22 bits per heavy atom. The lowest BCUT2D eigenvalue weighted by atomic mass is 10.1. The lowest BCUT2D eigenvalue weighted by molar-refractivity contribution is -0.143. The van der Waals surface area contributed by atoms with E-state index >= 15 is 0 Å². The van der Waals surface area contributed by atoms with E-state index in [1.165, 1.54) is 0 Å². The first-order valence-electron chi connectivity index (χ1n) is 8.09. The van der Waals surface area contributed by atoms with Crippen LogP contribution in [0.5, 0.6) is 5.75 Å². The molecule has 3 rings (SSSR count). The van der Waals surface area contributed by atoms with Gasteiger partial charge in [-0.2, -0.15) is 0 Å². The molecule has 1 aliphatic rings. The standard InChI is InChI=1S/C18H23N3O2/c1-13(2)17-19-9-10-21(17)15-11-20(12-15)18(22)14(3)23-16-7-5-4-6-8-16/h4-10,13-15H,11-12H2,1-3H3. The van der Waals surface area contributed by atoms with E-state index in [-0.39, 0.29) is 5.91 Å². The number of rotatable bonds is 5. The molecule has 1 amide bonds. The van der Waals surface area contributed by atoms with Crippen molar-refractivity contribution in [3.8, 4) is 5.75 Å². The fraction of sp³-hybridized carbons (Fsp3) is 0.444. The zero-order valence-electron chi connectivity index (χ0n) is 13.8. The smallest absolute Gasteiger partial charge is 0.263 e. The lowest BCUT2D eigenvalue weighted by Crippen LogP contribution is -2.54. The van der Waals surface area contributed by atoms with Crippen molar-refractivity contribution >= 4 is 5.91 Å². The quantitative estimate of drug-likeness (QED) is 0.853. The van der Waals surface area contributed by atoms with Crippen LogP contribution in [-0.2, 0) is 4.79 Å². The summed E-state index contributed by atoms with van der Waals surface area (Å²) in [5.74, 6) is 2.23. The molecule has 2 heterocycles. The number of hydrogen-bond acceptors (Lipinski definition) is 3. The van der Waals surface area contributed by atoms with Crippen molar-refractivity contribution in [1.29, 1.82) is 0 Å². The van der Waals surface area contributed by atoms with Crippen molar-refractivity contribution < 1.29 is 9.53 Å². The molecule has 0 radical (unpaired) electrons. The molecule has 122 valence electrons. The Hall–Kier alpha value is -2.30. The Morgan fingerprint density at radius 2 is 1.91 bits per heavy atom. The molecule has 1 unspecified atom stereocenters. The highest BCUT2D eigenvalue weighted by Crippen LogP contribution is 2.26. The molecule has 1 aromatic heterocycles.